The average Bonchev–Trinajstić information content (AvgIpc) is 2.28. The summed E-state index contributed by atoms with van der Waals surface area (Å²) in [6.45, 7) is 9.15. The highest BCUT2D eigenvalue weighted by Gasteiger charge is 2.31. The molecule has 2 rings (SSSR count). The smallest absolute Gasteiger partial charge is 0.320 e. The second-order valence-electron chi connectivity index (χ2n) is 5.57. The second-order valence-corrected chi connectivity index (χ2v) is 5.57. The highest BCUT2D eigenvalue weighted by atomic mass is 16.5. The summed E-state index contributed by atoms with van der Waals surface area (Å²) >= 11 is 0. The topological polar surface area (TPSA) is 32.8 Å². The normalized spacial score (nSPS) is 25.6. The van der Waals surface area contributed by atoms with Crippen LogP contribution in [0.1, 0.15) is 26.7 Å². The van der Waals surface area contributed by atoms with Gasteiger partial charge in [-0.25, -0.2) is 4.79 Å². The Bertz CT molecular complexity index is 260. The molecule has 0 aromatic carbocycles. The molecule has 2 aliphatic heterocycles. The van der Waals surface area contributed by atoms with E-state index in [4.69, 9.17) is 4.74 Å². The number of urea groups is 1. The van der Waals surface area contributed by atoms with E-state index >= 15 is 0 Å². The Hall–Kier alpha value is -0.770. The van der Waals surface area contributed by atoms with E-state index in [-0.39, 0.29) is 11.4 Å². The number of hydrogen-bond acceptors (Lipinski definition) is 2. The van der Waals surface area contributed by atoms with E-state index in [9.17, 15) is 4.79 Å². The molecule has 0 unspecified atom stereocenters. The molecule has 0 spiro atoms. The number of nitrogens with zero attached hydrogens (tertiary/aromatic N) is 2. The van der Waals surface area contributed by atoms with Crippen LogP contribution in [-0.2, 0) is 4.74 Å². The van der Waals surface area contributed by atoms with Gasteiger partial charge < -0.3 is 14.5 Å². The molecule has 0 aromatic rings. The molecule has 0 radical (unpaired) electrons. The molecule has 0 bridgehead atoms. The largest absolute Gasteiger partial charge is 0.378 e. The molecule has 2 saturated heterocycles. The van der Waals surface area contributed by atoms with E-state index in [0.717, 1.165) is 32.6 Å². The van der Waals surface area contributed by atoms with Crippen LogP contribution < -0.4 is 0 Å². The van der Waals surface area contributed by atoms with Crippen molar-refractivity contribution in [2.24, 2.45) is 5.41 Å². The molecule has 16 heavy (non-hydrogen) atoms. The summed E-state index contributed by atoms with van der Waals surface area (Å²) in [5, 5.41) is 0. The predicted octanol–water partition coefficient (Wildman–Crippen LogP) is 1.56. The van der Waals surface area contributed by atoms with Crippen molar-refractivity contribution in [3.63, 3.8) is 0 Å². The molecule has 0 saturated carbocycles. The molecule has 2 amide bonds. The summed E-state index contributed by atoms with van der Waals surface area (Å²) in [6, 6.07) is 0.205. The number of ether oxygens (including phenoxy) is 1. The molecule has 0 aromatic heterocycles. The third-order valence-corrected chi connectivity index (χ3v) is 3.45. The Morgan fingerprint density at radius 3 is 2.44 bits per heavy atom. The third kappa shape index (κ3) is 2.67. The fourth-order valence-corrected chi connectivity index (χ4v) is 2.54. The van der Waals surface area contributed by atoms with E-state index in [1.165, 1.54) is 6.42 Å². The fraction of sp³-hybridized carbons (Fsp3) is 0.917. The maximum absolute atomic E-state index is 12.2. The van der Waals surface area contributed by atoms with Crippen molar-refractivity contribution in [3.8, 4) is 0 Å². The molecule has 92 valence electrons. The van der Waals surface area contributed by atoms with Crippen LogP contribution in [-0.4, -0.2) is 55.2 Å². The summed E-state index contributed by atoms with van der Waals surface area (Å²) in [6.07, 6.45) is 2.35. The Balaban J connectivity index is 1.93. The third-order valence-electron chi connectivity index (χ3n) is 3.45. The van der Waals surface area contributed by atoms with Crippen LogP contribution in [0.4, 0.5) is 4.79 Å². The van der Waals surface area contributed by atoms with Crippen LogP contribution in [0.25, 0.3) is 0 Å². The lowest BCUT2D eigenvalue weighted by atomic mass is 9.84. The molecule has 0 aliphatic carbocycles. The van der Waals surface area contributed by atoms with Gasteiger partial charge in [-0.1, -0.05) is 13.8 Å². The van der Waals surface area contributed by atoms with Gasteiger partial charge in [0.15, 0.2) is 0 Å². The molecule has 4 heteroatoms. The summed E-state index contributed by atoms with van der Waals surface area (Å²) in [5.41, 5.74) is 0.278. The van der Waals surface area contributed by atoms with E-state index < -0.39 is 0 Å². The molecule has 2 fully saturated rings. The Morgan fingerprint density at radius 1 is 1.12 bits per heavy atom. The molecule has 4 nitrogen and oxygen atoms in total. The first-order valence-electron chi connectivity index (χ1n) is 6.20. The van der Waals surface area contributed by atoms with Crippen molar-refractivity contribution >= 4 is 6.03 Å². The zero-order valence-electron chi connectivity index (χ0n) is 10.4. The summed E-state index contributed by atoms with van der Waals surface area (Å²) in [7, 11) is 0. The van der Waals surface area contributed by atoms with Gasteiger partial charge >= 0.3 is 6.03 Å². The second kappa shape index (κ2) is 4.62. The van der Waals surface area contributed by atoms with E-state index in [2.05, 4.69) is 13.8 Å². The predicted molar refractivity (Wildman–Crippen MR) is 62.4 cm³/mol. The number of rotatable bonds is 0. The Morgan fingerprint density at radius 2 is 1.81 bits per heavy atom. The van der Waals surface area contributed by atoms with E-state index in [1.54, 1.807) is 0 Å². The maximum Gasteiger partial charge on any atom is 0.320 e. The summed E-state index contributed by atoms with van der Waals surface area (Å²) < 4.78 is 5.27. The number of likely N-dealkylation sites (tertiary alicyclic amines) is 1. The van der Waals surface area contributed by atoms with Gasteiger partial charge in [-0.15, -0.1) is 0 Å². The molecule has 0 atom stereocenters. The molecular weight excluding hydrogens is 204 g/mol. The van der Waals surface area contributed by atoms with Gasteiger partial charge in [-0.3, -0.25) is 0 Å². The van der Waals surface area contributed by atoms with Crippen molar-refractivity contribution in [3.05, 3.63) is 0 Å². The van der Waals surface area contributed by atoms with Crippen LogP contribution >= 0.6 is 0 Å². The average molecular weight is 226 g/mol. The number of carbonyl (C=O) groups is 1. The molecule has 2 heterocycles. The molecule has 0 N–H and O–H groups in total. The van der Waals surface area contributed by atoms with Gasteiger partial charge in [0.25, 0.3) is 0 Å². The standard InChI is InChI=1S/C12H22N2O2/c1-12(2)4-3-5-14(10-12)11(15)13-6-8-16-9-7-13/h3-10H2,1-2H3. The first kappa shape index (κ1) is 11.7. The SMILES string of the molecule is CC1(C)CCCN(C(=O)N2CCOCC2)C1. The highest BCUT2D eigenvalue weighted by molar-refractivity contribution is 5.74. The lowest BCUT2D eigenvalue weighted by Crippen LogP contribution is -2.52. The van der Waals surface area contributed by atoms with Gasteiger partial charge in [-0.05, 0) is 18.3 Å². The number of amides is 2. The summed E-state index contributed by atoms with van der Waals surface area (Å²) in [4.78, 5) is 16.2. The minimum Gasteiger partial charge on any atom is -0.378 e. The number of piperidine rings is 1. The van der Waals surface area contributed by atoms with Crippen LogP contribution in [0, 0.1) is 5.41 Å². The number of carbonyl (C=O) groups excluding carboxylic acids is 1. The zero-order valence-corrected chi connectivity index (χ0v) is 10.4. The van der Waals surface area contributed by atoms with Gasteiger partial charge in [-0.2, -0.15) is 0 Å². The minimum atomic E-state index is 0.205. The van der Waals surface area contributed by atoms with Crippen LogP contribution in [0.2, 0.25) is 0 Å². The van der Waals surface area contributed by atoms with Crippen molar-refractivity contribution < 1.29 is 9.53 Å². The van der Waals surface area contributed by atoms with Crippen molar-refractivity contribution in [2.45, 2.75) is 26.7 Å². The van der Waals surface area contributed by atoms with Crippen LogP contribution in [0.15, 0.2) is 0 Å². The Labute approximate surface area is 97.5 Å². The van der Waals surface area contributed by atoms with Gasteiger partial charge in [0.2, 0.25) is 0 Å². The first-order chi connectivity index (χ1) is 7.58. The van der Waals surface area contributed by atoms with Gasteiger partial charge in [0.1, 0.15) is 0 Å². The lowest BCUT2D eigenvalue weighted by Gasteiger charge is -2.41. The van der Waals surface area contributed by atoms with E-state index in [0.29, 0.717) is 13.2 Å². The maximum atomic E-state index is 12.2. The number of hydrogen-bond donors (Lipinski definition) is 0. The fourth-order valence-electron chi connectivity index (χ4n) is 2.54. The van der Waals surface area contributed by atoms with Crippen molar-refractivity contribution in [1.29, 1.82) is 0 Å². The summed E-state index contributed by atoms with van der Waals surface area (Å²) in [5.74, 6) is 0. The van der Waals surface area contributed by atoms with Gasteiger partial charge in [0.05, 0.1) is 13.2 Å². The van der Waals surface area contributed by atoms with Crippen LogP contribution in [0.3, 0.4) is 0 Å². The highest BCUT2D eigenvalue weighted by Crippen LogP contribution is 2.28. The molecular formula is C12H22N2O2. The monoisotopic (exact) mass is 226 g/mol. The number of morpholine rings is 1. The van der Waals surface area contributed by atoms with Crippen molar-refractivity contribution in [1.82, 2.24) is 9.80 Å². The quantitative estimate of drug-likeness (QED) is 0.628. The van der Waals surface area contributed by atoms with Gasteiger partial charge in [0, 0.05) is 26.2 Å². The zero-order chi connectivity index (χ0) is 11.6. The molecule has 2 aliphatic rings. The Kier molecular flexibility index (Phi) is 3.38. The minimum absolute atomic E-state index is 0.205. The van der Waals surface area contributed by atoms with Crippen molar-refractivity contribution in [2.75, 3.05) is 39.4 Å². The first-order valence-corrected chi connectivity index (χ1v) is 6.20. The van der Waals surface area contributed by atoms with E-state index in [1.807, 2.05) is 9.80 Å². The lowest BCUT2D eigenvalue weighted by molar-refractivity contribution is 0.0346. The van der Waals surface area contributed by atoms with Crippen LogP contribution in [0.5, 0.6) is 0 Å².